The van der Waals surface area contributed by atoms with Crippen LogP contribution in [0.25, 0.3) is 0 Å². The van der Waals surface area contributed by atoms with Crippen molar-refractivity contribution >= 4 is 5.97 Å². The van der Waals surface area contributed by atoms with Gasteiger partial charge < -0.3 is 14.2 Å². The van der Waals surface area contributed by atoms with E-state index in [2.05, 4.69) is 0 Å². The van der Waals surface area contributed by atoms with E-state index < -0.39 is 12.1 Å². The topological polar surface area (TPSA) is 44.8 Å². The van der Waals surface area contributed by atoms with Crippen LogP contribution < -0.4 is 9.47 Å². The standard InChI is InChI=1S/C22H20O4/c1-24-18-13-14-20(25-2)19(15-18)22(23)26-21(16-9-5-3-6-10-16)17-11-7-4-8-12-17/h3-15,21H,1-2H3. The molecular weight excluding hydrogens is 328 g/mol. The number of ether oxygens (including phenoxy) is 3. The monoisotopic (exact) mass is 348 g/mol. The molecule has 0 fully saturated rings. The number of methoxy groups -OCH3 is 2. The summed E-state index contributed by atoms with van der Waals surface area (Å²) in [4.78, 5) is 12.9. The minimum atomic E-state index is -0.513. The number of hydrogen-bond donors (Lipinski definition) is 0. The first-order valence-electron chi connectivity index (χ1n) is 8.26. The van der Waals surface area contributed by atoms with Crippen molar-refractivity contribution in [3.8, 4) is 11.5 Å². The maximum Gasteiger partial charge on any atom is 0.343 e. The molecule has 0 aliphatic rings. The van der Waals surface area contributed by atoms with Crippen molar-refractivity contribution in [2.75, 3.05) is 14.2 Å². The average molecular weight is 348 g/mol. The Labute approximate surface area is 153 Å². The summed E-state index contributed by atoms with van der Waals surface area (Å²) in [5, 5.41) is 0. The minimum Gasteiger partial charge on any atom is -0.497 e. The first-order valence-corrected chi connectivity index (χ1v) is 8.26. The van der Waals surface area contributed by atoms with Gasteiger partial charge in [-0.3, -0.25) is 0 Å². The summed E-state index contributed by atoms with van der Waals surface area (Å²) in [6.45, 7) is 0. The molecule has 0 amide bonds. The zero-order valence-electron chi connectivity index (χ0n) is 14.7. The Kier molecular flexibility index (Phi) is 5.54. The third kappa shape index (κ3) is 3.86. The van der Waals surface area contributed by atoms with Gasteiger partial charge in [0.15, 0.2) is 6.10 Å². The third-order valence-corrected chi connectivity index (χ3v) is 4.06. The first-order chi connectivity index (χ1) is 12.7. The molecule has 3 aromatic carbocycles. The normalized spacial score (nSPS) is 10.4. The van der Waals surface area contributed by atoms with Crippen LogP contribution in [0.15, 0.2) is 78.9 Å². The molecular formula is C22H20O4. The molecule has 0 aromatic heterocycles. The van der Waals surface area contributed by atoms with E-state index in [4.69, 9.17) is 14.2 Å². The molecule has 0 atom stereocenters. The largest absolute Gasteiger partial charge is 0.497 e. The Morgan fingerprint density at radius 3 is 1.85 bits per heavy atom. The van der Waals surface area contributed by atoms with Crippen LogP contribution in [0.3, 0.4) is 0 Å². The van der Waals surface area contributed by atoms with E-state index in [0.29, 0.717) is 17.1 Å². The van der Waals surface area contributed by atoms with E-state index in [1.54, 1.807) is 25.3 Å². The van der Waals surface area contributed by atoms with E-state index in [1.165, 1.54) is 7.11 Å². The lowest BCUT2D eigenvalue weighted by Gasteiger charge is -2.20. The van der Waals surface area contributed by atoms with Gasteiger partial charge in [0.05, 0.1) is 14.2 Å². The molecule has 4 nitrogen and oxygen atoms in total. The number of carbonyl (C=O) groups excluding carboxylic acids is 1. The number of esters is 1. The van der Waals surface area contributed by atoms with E-state index >= 15 is 0 Å². The molecule has 3 aromatic rings. The Hall–Kier alpha value is -3.27. The fraction of sp³-hybridized carbons (Fsp3) is 0.136. The van der Waals surface area contributed by atoms with E-state index in [1.807, 2.05) is 60.7 Å². The minimum absolute atomic E-state index is 0.323. The van der Waals surface area contributed by atoms with Crippen LogP contribution in [-0.4, -0.2) is 20.2 Å². The molecule has 0 N–H and O–H groups in total. The van der Waals surface area contributed by atoms with Crippen molar-refractivity contribution in [3.05, 3.63) is 95.6 Å². The molecule has 0 bridgehead atoms. The van der Waals surface area contributed by atoms with Crippen LogP contribution in [-0.2, 0) is 4.74 Å². The van der Waals surface area contributed by atoms with Gasteiger partial charge >= 0.3 is 5.97 Å². The highest BCUT2D eigenvalue weighted by atomic mass is 16.5. The number of benzene rings is 3. The Bertz CT molecular complexity index is 820. The third-order valence-electron chi connectivity index (χ3n) is 4.06. The molecule has 0 radical (unpaired) electrons. The molecule has 26 heavy (non-hydrogen) atoms. The fourth-order valence-electron chi connectivity index (χ4n) is 2.73. The second kappa shape index (κ2) is 8.21. The van der Waals surface area contributed by atoms with Gasteiger partial charge in [-0.1, -0.05) is 60.7 Å². The second-order valence-electron chi connectivity index (χ2n) is 5.67. The van der Waals surface area contributed by atoms with Crippen LogP contribution >= 0.6 is 0 Å². The molecule has 3 rings (SSSR count). The summed E-state index contributed by atoms with van der Waals surface area (Å²) in [6, 6.07) is 24.3. The number of carbonyl (C=O) groups is 1. The van der Waals surface area contributed by atoms with E-state index in [9.17, 15) is 4.79 Å². The summed E-state index contributed by atoms with van der Waals surface area (Å²) >= 11 is 0. The van der Waals surface area contributed by atoms with Crippen molar-refractivity contribution in [3.63, 3.8) is 0 Å². The highest BCUT2D eigenvalue weighted by Gasteiger charge is 2.22. The summed E-state index contributed by atoms with van der Waals surface area (Å²) in [7, 11) is 3.07. The van der Waals surface area contributed by atoms with Crippen molar-refractivity contribution in [2.24, 2.45) is 0 Å². The van der Waals surface area contributed by atoms with Crippen LogP contribution in [0, 0.1) is 0 Å². The van der Waals surface area contributed by atoms with Crippen molar-refractivity contribution < 1.29 is 19.0 Å². The summed E-state index contributed by atoms with van der Waals surface area (Å²) in [5.74, 6) is 0.530. The van der Waals surface area contributed by atoms with Gasteiger partial charge in [-0.2, -0.15) is 0 Å². The van der Waals surface area contributed by atoms with Gasteiger partial charge in [0.2, 0.25) is 0 Å². The molecule has 4 heteroatoms. The molecule has 132 valence electrons. The van der Waals surface area contributed by atoms with Gasteiger partial charge in [0.25, 0.3) is 0 Å². The zero-order chi connectivity index (χ0) is 18.4. The molecule has 0 saturated heterocycles. The quantitative estimate of drug-likeness (QED) is 0.608. The van der Waals surface area contributed by atoms with E-state index in [0.717, 1.165) is 11.1 Å². The lowest BCUT2D eigenvalue weighted by Crippen LogP contribution is -2.14. The van der Waals surface area contributed by atoms with Gasteiger partial charge in [-0.25, -0.2) is 4.79 Å². The summed E-state index contributed by atoms with van der Waals surface area (Å²) in [5.41, 5.74) is 2.12. The molecule has 0 unspecified atom stereocenters. The Morgan fingerprint density at radius 1 is 0.769 bits per heavy atom. The zero-order valence-corrected chi connectivity index (χ0v) is 14.7. The number of hydrogen-bond acceptors (Lipinski definition) is 4. The van der Waals surface area contributed by atoms with Crippen molar-refractivity contribution in [1.82, 2.24) is 0 Å². The lowest BCUT2D eigenvalue weighted by atomic mass is 10.0. The Morgan fingerprint density at radius 2 is 1.35 bits per heavy atom. The van der Waals surface area contributed by atoms with Gasteiger partial charge in [0, 0.05) is 0 Å². The SMILES string of the molecule is COc1ccc(OC)c(C(=O)OC(c2ccccc2)c2ccccc2)c1. The summed E-state index contributed by atoms with van der Waals surface area (Å²) < 4.78 is 16.4. The Balaban J connectivity index is 1.96. The molecule has 0 aliphatic carbocycles. The lowest BCUT2D eigenvalue weighted by molar-refractivity contribution is 0.0374. The van der Waals surface area contributed by atoms with Gasteiger partial charge in [-0.05, 0) is 29.3 Å². The summed E-state index contributed by atoms with van der Waals surface area (Å²) in [6.07, 6.45) is -0.513. The fourth-order valence-corrected chi connectivity index (χ4v) is 2.73. The number of rotatable bonds is 6. The molecule has 0 spiro atoms. The highest BCUT2D eigenvalue weighted by Crippen LogP contribution is 2.30. The van der Waals surface area contributed by atoms with Crippen LogP contribution in [0.4, 0.5) is 0 Å². The maximum absolute atomic E-state index is 12.9. The van der Waals surface area contributed by atoms with Crippen LogP contribution in [0.1, 0.15) is 27.6 Å². The van der Waals surface area contributed by atoms with Crippen molar-refractivity contribution in [2.45, 2.75) is 6.10 Å². The van der Waals surface area contributed by atoms with Gasteiger partial charge in [0.1, 0.15) is 17.1 Å². The molecule has 0 heterocycles. The smallest absolute Gasteiger partial charge is 0.343 e. The van der Waals surface area contributed by atoms with Crippen LogP contribution in [0.2, 0.25) is 0 Å². The van der Waals surface area contributed by atoms with Crippen molar-refractivity contribution in [1.29, 1.82) is 0 Å². The maximum atomic E-state index is 12.9. The predicted molar refractivity (Wildman–Crippen MR) is 99.7 cm³/mol. The predicted octanol–water partition coefficient (Wildman–Crippen LogP) is 4.65. The average Bonchev–Trinajstić information content (AvgIpc) is 2.72. The van der Waals surface area contributed by atoms with Gasteiger partial charge in [-0.15, -0.1) is 0 Å². The first kappa shape index (κ1) is 17.5. The molecule has 0 aliphatic heterocycles. The van der Waals surface area contributed by atoms with Crippen LogP contribution in [0.5, 0.6) is 11.5 Å². The second-order valence-corrected chi connectivity index (χ2v) is 5.67. The highest BCUT2D eigenvalue weighted by molar-refractivity contribution is 5.93. The van der Waals surface area contributed by atoms with E-state index in [-0.39, 0.29) is 0 Å². The molecule has 0 saturated carbocycles.